The van der Waals surface area contributed by atoms with Gasteiger partial charge < -0.3 is 9.47 Å². The lowest BCUT2D eigenvalue weighted by molar-refractivity contribution is -0.135. The van der Waals surface area contributed by atoms with Crippen molar-refractivity contribution in [1.29, 1.82) is 0 Å². The molecule has 0 aliphatic rings. The zero-order valence-electron chi connectivity index (χ0n) is 17.5. The lowest BCUT2D eigenvalue weighted by Gasteiger charge is -2.07. The molecule has 162 valence electrons. The second-order valence-electron chi connectivity index (χ2n) is 7.39. The zero-order chi connectivity index (χ0) is 21.9. The summed E-state index contributed by atoms with van der Waals surface area (Å²) in [4.78, 5) is 23.8. The van der Waals surface area contributed by atoms with Gasteiger partial charge in [0.25, 0.3) is 0 Å². The molecule has 0 heterocycles. The molecule has 0 aliphatic heterocycles. The molecule has 0 aromatic heterocycles. The van der Waals surface area contributed by atoms with Crippen molar-refractivity contribution in [3.8, 4) is 11.5 Å². The Bertz CT molecular complexity index is 793. The lowest BCUT2D eigenvalue weighted by Crippen LogP contribution is -2.08. The Hall–Kier alpha value is -2.04. The van der Waals surface area contributed by atoms with Gasteiger partial charge in [-0.15, -0.1) is 0 Å². The summed E-state index contributed by atoms with van der Waals surface area (Å²) >= 11 is 11.9. The van der Waals surface area contributed by atoms with Gasteiger partial charge in [-0.25, -0.2) is 0 Å². The minimum Gasteiger partial charge on any atom is -0.427 e. The van der Waals surface area contributed by atoms with E-state index >= 15 is 0 Å². The molecule has 30 heavy (non-hydrogen) atoms. The van der Waals surface area contributed by atoms with Crippen LogP contribution in [0.4, 0.5) is 0 Å². The van der Waals surface area contributed by atoms with Gasteiger partial charge in [0.1, 0.15) is 11.5 Å². The van der Waals surface area contributed by atoms with Gasteiger partial charge in [-0.2, -0.15) is 0 Å². The van der Waals surface area contributed by atoms with E-state index in [0.717, 1.165) is 49.7 Å². The van der Waals surface area contributed by atoms with Gasteiger partial charge in [-0.1, -0.05) is 48.9 Å². The van der Waals surface area contributed by atoms with E-state index in [1.54, 1.807) is 36.4 Å². The second-order valence-corrected chi connectivity index (χ2v) is 8.21. The molecule has 6 heteroatoms. The van der Waals surface area contributed by atoms with Crippen LogP contribution >= 0.6 is 23.2 Å². The average molecular weight is 451 g/mol. The third-order valence-electron chi connectivity index (χ3n) is 4.73. The van der Waals surface area contributed by atoms with Gasteiger partial charge in [-0.3, -0.25) is 9.59 Å². The summed E-state index contributed by atoms with van der Waals surface area (Å²) in [5, 5.41) is 1.31. The fourth-order valence-corrected chi connectivity index (χ4v) is 3.21. The Balaban J connectivity index is 1.50. The van der Waals surface area contributed by atoms with Gasteiger partial charge in [0.05, 0.1) is 0 Å². The Morgan fingerprint density at radius 1 is 0.667 bits per heavy atom. The number of esters is 2. The quantitative estimate of drug-likeness (QED) is 0.205. The molecule has 0 saturated carbocycles. The maximum absolute atomic E-state index is 11.9. The average Bonchev–Trinajstić information content (AvgIpc) is 2.69. The summed E-state index contributed by atoms with van der Waals surface area (Å²) in [6, 6.07) is 10.4. The van der Waals surface area contributed by atoms with Crippen LogP contribution in [0, 0.1) is 13.8 Å². The molecule has 0 N–H and O–H groups in total. The van der Waals surface area contributed by atoms with Crippen LogP contribution in [0.25, 0.3) is 0 Å². The number of aryl methyl sites for hydroxylation is 2. The minimum atomic E-state index is -0.225. The van der Waals surface area contributed by atoms with E-state index in [9.17, 15) is 9.59 Å². The highest BCUT2D eigenvalue weighted by atomic mass is 35.5. The van der Waals surface area contributed by atoms with E-state index in [1.807, 2.05) is 13.8 Å². The van der Waals surface area contributed by atoms with Crippen LogP contribution in [0.15, 0.2) is 36.4 Å². The van der Waals surface area contributed by atoms with Crippen molar-refractivity contribution in [2.24, 2.45) is 0 Å². The predicted molar refractivity (Wildman–Crippen MR) is 121 cm³/mol. The number of ether oxygens (including phenoxy) is 2. The maximum Gasteiger partial charge on any atom is 0.311 e. The fourth-order valence-electron chi connectivity index (χ4n) is 2.97. The number of unbranched alkanes of at least 4 members (excludes halogenated alkanes) is 5. The van der Waals surface area contributed by atoms with Crippen LogP contribution < -0.4 is 9.47 Å². The highest BCUT2D eigenvalue weighted by Crippen LogP contribution is 2.22. The van der Waals surface area contributed by atoms with E-state index in [0.29, 0.717) is 34.4 Å². The smallest absolute Gasteiger partial charge is 0.311 e. The molecule has 0 spiro atoms. The second kappa shape index (κ2) is 12.6. The fraction of sp³-hybridized carbons (Fsp3) is 0.417. The molecule has 0 radical (unpaired) electrons. The van der Waals surface area contributed by atoms with Gasteiger partial charge in [-0.05, 0) is 74.2 Å². The molecule has 0 atom stereocenters. The van der Waals surface area contributed by atoms with Gasteiger partial charge in [0.2, 0.25) is 0 Å². The van der Waals surface area contributed by atoms with E-state index in [2.05, 4.69) is 0 Å². The van der Waals surface area contributed by atoms with Gasteiger partial charge in [0.15, 0.2) is 0 Å². The number of carbonyl (C=O) groups excluding carboxylic acids is 2. The van der Waals surface area contributed by atoms with Gasteiger partial charge >= 0.3 is 11.9 Å². The summed E-state index contributed by atoms with van der Waals surface area (Å²) in [5.41, 5.74) is 1.77. The number of carbonyl (C=O) groups is 2. The predicted octanol–water partition coefficient (Wildman–Crippen LogP) is 7.24. The first kappa shape index (κ1) is 24.2. The van der Waals surface area contributed by atoms with Gasteiger partial charge in [0, 0.05) is 22.9 Å². The van der Waals surface area contributed by atoms with Crippen molar-refractivity contribution >= 4 is 35.1 Å². The largest absolute Gasteiger partial charge is 0.427 e. The third-order valence-corrected chi connectivity index (χ3v) is 5.58. The Kier molecular flexibility index (Phi) is 10.2. The standard InChI is InChI=1S/C24H28Cl2O4/c1-17-15-19(11-13-21(17)25)29-23(27)9-7-5-3-4-6-8-10-24(28)30-20-12-14-22(26)18(2)16-20/h11-16H,3-10H2,1-2H3. The summed E-state index contributed by atoms with van der Waals surface area (Å²) < 4.78 is 10.7. The molecule has 0 fully saturated rings. The van der Waals surface area contributed by atoms with Crippen LogP contribution in [0.1, 0.15) is 62.5 Å². The molecule has 0 bridgehead atoms. The van der Waals surface area contributed by atoms with Crippen molar-refractivity contribution < 1.29 is 19.1 Å². The molecule has 4 nitrogen and oxygen atoms in total. The number of hydrogen-bond acceptors (Lipinski definition) is 4. The molecular formula is C24H28Cl2O4. The van der Waals surface area contributed by atoms with E-state index in [-0.39, 0.29) is 11.9 Å². The summed E-state index contributed by atoms with van der Waals surface area (Å²) in [6.07, 6.45) is 6.36. The SMILES string of the molecule is Cc1cc(OC(=O)CCCCCCCCC(=O)Oc2ccc(Cl)c(C)c2)ccc1Cl. The molecule has 2 rings (SSSR count). The molecule has 2 aromatic carbocycles. The third kappa shape index (κ3) is 8.76. The van der Waals surface area contributed by atoms with E-state index in [1.165, 1.54) is 0 Å². The summed E-state index contributed by atoms with van der Waals surface area (Å²) in [6.45, 7) is 3.75. The molecule has 2 aromatic rings. The zero-order valence-corrected chi connectivity index (χ0v) is 19.0. The lowest BCUT2D eigenvalue weighted by atomic mass is 10.1. The van der Waals surface area contributed by atoms with Crippen molar-refractivity contribution in [2.45, 2.75) is 65.2 Å². The first-order valence-electron chi connectivity index (χ1n) is 10.3. The van der Waals surface area contributed by atoms with Crippen molar-refractivity contribution in [3.63, 3.8) is 0 Å². The molecule has 0 unspecified atom stereocenters. The topological polar surface area (TPSA) is 52.6 Å². The molecular weight excluding hydrogens is 423 g/mol. The minimum absolute atomic E-state index is 0.225. The first-order chi connectivity index (χ1) is 14.3. The van der Waals surface area contributed by atoms with Crippen molar-refractivity contribution in [3.05, 3.63) is 57.6 Å². The Morgan fingerprint density at radius 3 is 1.40 bits per heavy atom. The van der Waals surface area contributed by atoms with Crippen LogP contribution in [0.3, 0.4) is 0 Å². The molecule has 0 amide bonds. The van der Waals surface area contributed by atoms with Crippen LogP contribution in [0.5, 0.6) is 11.5 Å². The normalized spacial score (nSPS) is 10.7. The summed E-state index contributed by atoms with van der Waals surface area (Å²) in [7, 11) is 0. The number of halogens is 2. The van der Waals surface area contributed by atoms with E-state index in [4.69, 9.17) is 32.7 Å². The van der Waals surface area contributed by atoms with Crippen LogP contribution in [-0.4, -0.2) is 11.9 Å². The number of benzene rings is 2. The van der Waals surface area contributed by atoms with Crippen molar-refractivity contribution in [2.75, 3.05) is 0 Å². The highest BCUT2D eigenvalue weighted by molar-refractivity contribution is 6.31. The Morgan fingerprint density at radius 2 is 1.03 bits per heavy atom. The first-order valence-corrected chi connectivity index (χ1v) is 11.0. The highest BCUT2D eigenvalue weighted by Gasteiger charge is 2.08. The van der Waals surface area contributed by atoms with Crippen molar-refractivity contribution in [1.82, 2.24) is 0 Å². The molecule has 0 aliphatic carbocycles. The number of rotatable bonds is 11. The monoisotopic (exact) mass is 450 g/mol. The van der Waals surface area contributed by atoms with E-state index < -0.39 is 0 Å². The summed E-state index contributed by atoms with van der Waals surface area (Å²) in [5.74, 6) is 0.610. The Labute approximate surface area is 188 Å². The number of hydrogen-bond donors (Lipinski definition) is 0. The maximum atomic E-state index is 11.9. The van der Waals surface area contributed by atoms with Crippen LogP contribution in [0.2, 0.25) is 10.0 Å². The molecule has 0 saturated heterocycles. The van der Waals surface area contributed by atoms with Crippen LogP contribution in [-0.2, 0) is 9.59 Å².